The van der Waals surface area contributed by atoms with Crippen LogP contribution in [0.2, 0.25) is 5.15 Å². The predicted molar refractivity (Wildman–Crippen MR) is 56.7 cm³/mol. The Morgan fingerprint density at radius 3 is 3.00 bits per heavy atom. The second-order valence-corrected chi connectivity index (χ2v) is 3.83. The van der Waals surface area contributed by atoms with Crippen molar-refractivity contribution in [2.24, 2.45) is 0 Å². The van der Waals surface area contributed by atoms with Crippen molar-refractivity contribution in [3.8, 4) is 0 Å². The third kappa shape index (κ3) is 1.96. The van der Waals surface area contributed by atoms with E-state index in [0.717, 1.165) is 25.5 Å². The molecule has 0 unspecified atom stereocenters. The Morgan fingerprint density at radius 2 is 2.29 bits per heavy atom. The van der Waals surface area contributed by atoms with Crippen LogP contribution < -0.4 is 10.2 Å². The molecule has 76 valence electrons. The fourth-order valence-corrected chi connectivity index (χ4v) is 1.88. The molecule has 14 heavy (non-hydrogen) atoms. The van der Waals surface area contributed by atoms with Gasteiger partial charge in [-0.3, -0.25) is 0 Å². The summed E-state index contributed by atoms with van der Waals surface area (Å²) in [6.07, 6.45) is 3.28. The first-order valence-corrected chi connectivity index (χ1v) is 5.10. The summed E-state index contributed by atoms with van der Waals surface area (Å²) in [6, 6.07) is 0.474. The monoisotopic (exact) mass is 212 g/mol. The van der Waals surface area contributed by atoms with Crippen LogP contribution in [0.3, 0.4) is 0 Å². The number of piperazine rings is 1. The molecule has 0 radical (unpaired) electrons. The molecule has 0 bridgehead atoms. The Labute approximate surface area is 88.3 Å². The SMILES string of the molecule is C[C@@H]1CN(c2nccnc2Cl)CCN1. The number of anilines is 1. The van der Waals surface area contributed by atoms with E-state index in [0.29, 0.717) is 11.2 Å². The summed E-state index contributed by atoms with van der Waals surface area (Å²) in [5, 5.41) is 3.86. The normalized spacial score (nSPS) is 22.4. The van der Waals surface area contributed by atoms with Crippen LogP contribution in [0.25, 0.3) is 0 Å². The van der Waals surface area contributed by atoms with Crippen LogP contribution in [-0.2, 0) is 0 Å². The highest BCUT2D eigenvalue weighted by Gasteiger charge is 2.18. The number of nitrogens with zero attached hydrogens (tertiary/aromatic N) is 3. The summed E-state index contributed by atoms with van der Waals surface area (Å²) in [5.74, 6) is 0.794. The first kappa shape index (κ1) is 9.68. The molecule has 1 aromatic heterocycles. The van der Waals surface area contributed by atoms with E-state index in [2.05, 4.69) is 27.1 Å². The lowest BCUT2D eigenvalue weighted by atomic mass is 10.2. The van der Waals surface area contributed by atoms with E-state index in [4.69, 9.17) is 11.6 Å². The van der Waals surface area contributed by atoms with Gasteiger partial charge in [-0.25, -0.2) is 9.97 Å². The summed E-state index contributed by atoms with van der Waals surface area (Å²) in [4.78, 5) is 10.4. The molecule has 1 aromatic rings. The van der Waals surface area contributed by atoms with Crippen molar-refractivity contribution < 1.29 is 0 Å². The van der Waals surface area contributed by atoms with Gasteiger partial charge in [0, 0.05) is 38.1 Å². The molecule has 4 nitrogen and oxygen atoms in total. The third-order valence-electron chi connectivity index (χ3n) is 2.30. The summed E-state index contributed by atoms with van der Waals surface area (Å²) in [7, 11) is 0. The first-order chi connectivity index (χ1) is 6.77. The van der Waals surface area contributed by atoms with E-state index in [-0.39, 0.29) is 0 Å². The minimum Gasteiger partial charge on any atom is -0.351 e. The number of hydrogen-bond acceptors (Lipinski definition) is 4. The van der Waals surface area contributed by atoms with Gasteiger partial charge in [0.15, 0.2) is 11.0 Å². The molecule has 1 fully saturated rings. The van der Waals surface area contributed by atoms with Crippen LogP contribution in [0.4, 0.5) is 5.82 Å². The molecule has 1 atom stereocenters. The van der Waals surface area contributed by atoms with Gasteiger partial charge in [0.2, 0.25) is 0 Å². The van der Waals surface area contributed by atoms with Gasteiger partial charge in [0.25, 0.3) is 0 Å². The van der Waals surface area contributed by atoms with Crippen molar-refractivity contribution in [3.63, 3.8) is 0 Å². The van der Waals surface area contributed by atoms with Gasteiger partial charge in [-0.1, -0.05) is 11.6 Å². The minimum atomic E-state index is 0.474. The van der Waals surface area contributed by atoms with Gasteiger partial charge in [-0.2, -0.15) is 0 Å². The molecule has 5 heteroatoms. The molecule has 1 aliphatic heterocycles. The van der Waals surface area contributed by atoms with Crippen LogP contribution in [-0.4, -0.2) is 35.6 Å². The van der Waals surface area contributed by atoms with Crippen molar-refractivity contribution in [1.29, 1.82) is 0 Å². The number of halogens is 1. The minimum absolute atomic E-state index is 0.474. The Kier molecular flexibility index (Phi) is 2.84. The molecule has 0 aliphatic carbocycles. The van der Waals surface area contributed by atoms with Crippen LogP contribution in [0, 0.1) is 0 Å². The van der Waals surface area contributed by atoms with E-state index >= 15 is 0 Å². The average Bonchev–Trinajstić information content (AvgIpc) is 2.18. The highest BCUT2D eigenvalue weighted by molar-refractivity contribution is 6.31. The third-order valence-corrected chi connectivity index (χ3v) is 2.57. The lowest BCUT2D eigenvalue weighted by Crippen LogP contribution is -2.49. The lowest BCUT2D eigenvalue weighted by Gasteiger charge is -2.32. The number of nitrogens with one attached hydrogen (secondary N) is 1. The fraction of sp³-hybridized carbons (Fsp3) is 0.556. The molecular formula is C9H13ClN4. The molecule has 1 aliphatic rings. The summed E-state index contributed by atoms with van der Waals surface area (Å²) in [5.41, 5.74) is 0. The van der Waals surface area contributed by atoms with Gasteiger partial charge in [-0.15, -0.1) is 0 Å². The van der Waals surface area contributed by atoms with Crippen molar-refractivity contribution in [3.05, 3.63) is 17.5 Å². The molecule has 0 saturated carbocycles. The Hall–Kier alpha value is -0.870. The van der Waals surface area contributed by atoms with Gasteiger partial charge in [0.1, 0.15) is 0 Å². The van der Waals surface area contributed by atoms with Gasteiger partial charge < -0.3 is 10.2 Å². The first-order valence-electron chi connectivity index (χ1n) is 4.72. The van der Waals surface area contributed by atoms with Crippen molar-refractivity contribution in [2.75, 3.05) is 24.5 Å². The van der Waals surface area contributed by atoms with Gasteiger partial charge in [-0.05, 0) is 6.92 Å². The summed E-state index contributed by atoms with van der Waals surface area (Å²) >= 11 is 5.97. The Balaban J connectivity index is 2.18. The van der Waals surface area contributed by atoms with E-state index in [1.54, 1.807) is 12.4 Å². The molecule has 0 aromatic carbocycles. The molecule has 2 heterocycles. The van der Waals surface area contributed by atoms with Crippen molar-refractivity contribution in [1.82, 2.24) is 15.3 Å². The molecule has 2 rings (SSSR count). The zero-order valence-electron chi connectivity index (χ0n) is 8.07. The van der Waals surface area contributed by atoms with Crippen LogP contribution in [0.1, 0.15) is 6.92 Å². The topological polar surface area (TPSA) is 41.1 Å². The maximum atomic E-state index is 5.97. The zero-order chi connectivity index (χ0) is 9.97. The maximum absolute atomic E-state index is 5.97. The molecular weight excluding hydrogens is 200 g/mol. The van der Waals surface area contributed by atoms with Crippen molar-refractivity contribution in [2.45, 2.75) is 13.0 Å². The Bertz CT molecular complexity index is 317. The van der Waals surface area contributed by atoms with E-state index in [1.165, 1.54) is 0 Å². The van der Waals surface area contributed by atoms with Crippen LogP contribution in [0.15, 0.2) is 12.4 Å². The average molecular weight is 213 g/mol. The van der Waals surface area contributed by atoms with Gasteiger partial charge >= 0.3 is 0 Å². The highest BCUT2D eigenvalue weighted by atomic mass is 35.5. The Morgan fingerprint density at radius 1 is 1.50 bits per heavy atom. The maximum Gasteiger partial charge on any atom is 0.171 e. The molecule has 0 amide bonds. The van der Waals surface area contributed by atoms with E-state index in [9.17, 15) is 0 Å². The second kappa shape index (κ2) is 4.11. The smallest absolute Gasteiger partial charge is 0.171 e. The second-order valence-electron chi connectivity index (χ2n) is 3.47. The predicted octanol–water partition coefficient (Wildman–Crippen LogP) is 0.928. The number of hydrogen-bond donors (Lipinski definition) is 1. The lowest BCUT2D eigenvalue weighted by molar-refractivity contribution is 0.482. The molecule has 0 spiro atoms. The summed E-state index contributed by atoms with van der Waals surface area (Å²) in [6.45, 7) is 4.98. The van der Waals surface area contributed by atoms with E-state index in [1.807, 2.05) is 0 Å². The largest absolute Gasteiger partial charge is 0.351 e. The fourth-order valence-electron chi connectivity index (χ4n) is 1.65. The zero-order valence-corrected chi connectivity index (χ0v) is 8.83. The van der Waals surface area contributed by atoms with Crippen LogP contribution in [0.5, 0.6) is 0 Å². The quantitative estimate of drug-likeness (QED) is 0.752. The van der Waals surface area contributed by atoms with Gasteiger partial charge in [0.05, 0.1) is 0 Å². The van der Waals surface area contributed by atoms with E-state index < -0.39 is 0 Å². The number of aromatic nitrogens is 2. The standard InChI is InChI=1S/C9H13ClN4/c1-7-6-14(5-4-11-7)9-8(10)12-2-3-13-9/h2-3,7,11H,4-6H2,1H3/t7-/m1/s1. The molecule has 1 N–H and O–H groups in total. The number of rotatable bonds is 1. The molecule has 1 saturated heterocycles. The highest BCUT2D eigenvalue weighted by Crippen LogP contribution is 2.20. The summed E-state index contributed by atoms with van der Waals surface area (Å²) < 4.78 is 0. The van der Waals surface area contributed by atoms with Crippen LogP contribution >= 0.6 is 11.6 Å². The van der Waals surface area contributed by atoms with Crippen molar-refractivity contribution >= 4 is 17.4 Å².